The highest BCUT2D eigenvalue weighted by Gasteiger charge is 2.47. The van der Waals surface area contributed by atoms with E-state index in [0.29, 0.717) is 0 Å². The van der Waals surface area contributed by atoms with Crippen molar-refractivity contribution < 1.29 is 9.30 Å². The molecule has 6 heteroatoms. The van der Waals surface area contributed by atoms with Gasteiger partial charge < -0.3 is 9.64 Å². The van der Waals surface area contributed by atoms with Crippen molar-refractivity contribution in [3.63, 3.8) is 0 Å². The predicted molar refractivity (Wildman–Crippen MR) is 102 cm³/mol. The first-order valence-electron chi connectivity index (χ1n) is 8.96. The van der Waals surface area contributed by atoms with E-state index < -0.39 is 7.29 Å². The van der Waals surface area contributed by atoms with Gasteiger partial charge in [-0.15, -0.1) is 0 Å². The maximum atomic E-state index is 13.9. The zero-order valence-electron chi connectivity index (χ0n) is 15.2. The number of ether oxygens (including phenoxy) is 1. The van der Waals surface area contributed by atoms with Crippen LogP contribution in [0.5, 0.6) is 0 Å². The summed E-state index contributed by atoms with van der Waals surface area (Å²) in [7, 11) is -2.76. The summed E-state index contributed by atoms with van der Waals surface area (Å²) in [5, 5.41) is 5.84. The molecule has 0 spiro atoms. The van der Waals surface area contributed by atoms with Gasteiger partial charge >= 0.3 is 0 Å². The lowest BCUT2D eigenvalue weighted by Crippen LogP contribution is -2.40. The summed E-state index contributed by atoms with van der Waals surface area (Å²) in [5.41, 5.74) is 3.26. The van der Waals surface area contributed by atoms with E-state index in [1.165, 1.54) is 5.70 Å². The third-order valence-electron chi connectivity index (χ3n) is 5.21. The zero-order valence-corrected chi connectivity index (χ0v) is 16.1. The van der Waals surface area contributed by atoms with Crippen LogP contribution in [0.1, 0.15) is 26.7 Å². The lowest BCUT2D eigenvalue weighted by Gasteiger charge is -2.40. The molecule has 0 radical (unpaired) electrons. The van der Waals surface area contributed by atoms with Crippen LogP contribution in [0.25, 0.3) is 0 Å². The number of para-hydroxylation sites is 1. The molecular formula is C19H26N3O2P. The Morgan fingerprint density at radius 1 is 1.12 bits per heavy atom. The van der Waals surface area contributed by atoms with Crippen LogP contribution in [0.3, 0.4) is 0 Å². The summed E-state index contributed by atoms with van der Waals surface area (Å²) in [6.07, 6.45) is 1.82. The SMILES string of the molecule is CC1(C)CC2=NN(c3ccccc3)[P@@](C)(=O)C2=C(N2CCOCC2)C1. The molecule has 0 amide bonds. The molecule has 1 aromatic rings. The van der Waals surface area contributed by atoms with Crippen LogP contribution in [0.4, 0.5) is 5.69 Å². The Labute approximate surface area is 149 Å². The molecule has 1 aliphatic carbocycles. The molecule has 5 nitrogen and oxygen atoms in total. The highest BCUT2D eigenvalue weighted by atomic mass is 31.2. The van der Waals surface area contributed by atoms with E-state index in [1.54, 1.807) is 4.78 Å². The first kappa shape index (κ1) is 16.9. The Morgan fingerprint density at radius 3 is 2.48 bits per heavy atom. The van der Waals surface area contributed by atoms with E-state index in [-0.39, 0.29) is 5.41 Å². The summed E-state index contributed by atoms with van der Waals surface area (Å²) in [6.45, 7) is 9.63. The maximum Gasteiger partial charge on any atom is 0.221 e. The quantitative estimate of drug-likeness (QED) is 0.745. The second kappa shape index (κ2) is 6.00. The average Bonchev–Trinajstić information content (AvgIpc) is 2.85. The molecule has 134 valence electrons. The molecule has 0 N–H and O–H groups in total. The number of morpholine rings is 1. The van der Waals surface area contributed by atoms with Crippen molar-refractivity contribution in [2.24, 2.45) is 10.5 Å². The fourth-order valence-corrected chi connectivity index (χ4v) is 6.44. The number of hydrogen-bond acceptors (Lipinski definition) is 4. The molecule has 0 aromatic heterocycles. The summed E-state index contributed by atoms with van der Waals surface area (Å²) in [5.74, 6) is 0. The maximum absolute atomic E-state index is 13.9. The van der Waals surface area contributed by atoms with Crippen molar-refractivity contribution >= 4 is 18.7 Å². The number of fused-ring (bicyclic) bond motifs is 1. The molecule has 1 fully saturated rings. The molecule has 25 heavy (non-hydrogen) atoms. The highest BCUT2D eigenvalue weighted by molar-refractivity contribution is 7.70. The van der Waals surface area contributed by atoms with Crippen LogP contribution in [0, 0.1) is 5.41 Å². The average molecular weight is 359 g/mol. The van der Waals surface area contributed by atoms with E-state index >= 15 is 0 Å². The Kier molecular flexibility index (Phi) is 4.04. The van der Waals surface area contributed by atoms with E-state index in [0.717, 1.165) is 55.9 Å². The minimum atomic E-state index is -2.76. The lowest BCUT2D eigenvalue weighted by molar-refractivity contribution is 0.0489. The van der Waals surface area contributed by atoms with E-state index in [9.17, 15) is 4.57 Å². The molecule has 3 aliphatic rings. The number of rotatable bonds is 2. The highest BCUT2D eigenvalue weighted by Crippen LogP contribution is 2.64. The minimum absolute atomic E-state index is 0.128. The van der Waals surface area contributed by atoms with Crippen molar-refractivity contribution in [1.82, 2.24) is 4.90 Å². The largest absolute Gasteiger partial charge is 0.378 e. The van der Waals surface area contributed by atoms with Crippen LogP contribution in [0.15, 0.2) is 46.4 Å². The van der Waals surface area contributed by atoms with Crippen LogP contribution in [-0.2, 0) is 9.30 Å². The fourth-order valence-electron chi connectivity index (χ4n) is 4.09. The van der Waals surface area contributed by atoms with Crippen LogP contribution in [0.2, 0.25) is 0 Å². The Bertz CT molecular complexity index is 779. The molecule has 0 saturated carbocycles. The first-order valence-corrected chi connectivity index (χ1v) is 11.1. The lowest BCUT2D eigenvalue weighted by atomic mass is 9.78. The minimum Gasteiger partial charge on any atom is -0.378 e. The summed E-state index contributed by atoms with van der Waals surface area (Å²) >= 11 is 0. The summed E-state index contributed by atoms with van der Waals surface area (Å²) in [4.78, 5) is 2.37. The molecule has 2 heterocycles. The Morgan fingerprint density at radius 2 is 1.80 bits per heavy atom. The second-order valence-electron chi connectivity index (χ2n) is 7.96. The van der Waals surface area contributed by atoms with E-state index in [1.807, 2.05) is 37.0 Å². The third-order valence-corrected chi connectivity index (χ3v) is 7.60. The van der Waals surface area contributed by atoms with Gasteiger partial charge in [-0.25, -0.2) is 4.78 Å². The fraction of sp³-hybridized carbons (Fsp3) is 0.526. The molecule has 1 aromatic carbocycles. The number of anilines is 1. The molecule has 1 saturated heterocycles. The molecular weight excluding hydrogens is 333 g/mol. The van der Waals surface area contributed by atoms with Crippen LogP contribution in [-0.4, -0.2) is 43.6 Å². The standard InChI is InChI=1S/C19H26N3O2P/c1-19(2)13-16-18(17(14-19)21-9-11-24-12-10-21)25(3,23)22(20-16)15-7-5-4-6-8-15/h4-8H,9-14H2,1-3H3/t25-/m0/s1. The summed E-state index contributed by atoms with van der Waals surface area (Å²) in [6, 6.07) is 9.88. The molecule has 0 unspecified atom stereocenters. The van der Waals surface area contributed by atoms with Gasteiger partial charge in [0, 0.05) is 25.5 Å². The van der Waals surface area contributed by atoms with Gasteiger partial charge in [0.25, 0.3) is 0 Å². The normalized spacial score (nSPS) is 28.8. The van der Waals surface area contributed by atoms with Crippen molar-refractivity contribution in [3.8, 4) is 0 Å². The van der Waals surface area contributed by atoms with Gasteiger partial charge in [-0.05, 0) is 30.4 Å². The van der Waals surface area contributed by atoms with Crippen molar-refractivity contribution in [1.29, 1.82) is 0 Å². The number of hydrazone groups is 1. The first-order chi connectivity index (χ1) is 11.9. The van der Waals surface area contributed by atoms with Gasteiger partial charge in [0.05, 0.1) is 29.9 Å². The molecule has 2 aliphatic heterocycles. The smallest absolute Gasteiger partial charge is 0.221 e. The topological polar surface area (TPSA) is 45.1 Å². The monoisotopic (exact) mass is 359 g/mol. The van der Waals surface area contributed by atoms with E-state index in [4.69, 9.17) is 9.84 Å². The van der Waals surface area contributed by atoms with Crippen molar-refractivity contribution in [2.45, 2.75) is 26.7 Å². The van der Waals surface area contributed by atoms with Gasteiger partial charge in [-0.2, -0.15) is 5.10 Å². The zero-order chi connectivity index (χ0) is 17.7. The van der Waals surface area contributed by atoms with Crippen molar-refractivity contribution in [2.75, 3.05) is 37.7 Å². The van der Waals surface area contributed by atoms with Gasteiger partial charge in [-0.3, -0.25) is 4.57 Å². The van der Waals surface area contributed by atoms with Gasteiger partial charge in [0.15, 0.2) is 0 Å². The molecule has 4 rings (SSSR count). The van der Waals surface area contributed by atoms with E-state index in [2.05, 4.69) is 18.7 Å². The number of benzene rings is 1. The number of hydrogen-bond donors (Lipinski definition) is 0. The molecule has 1 atom stereocenters. The third kappa shape index (κ3) is 2.94. The molecule has 0 bridgehead atoms. The van der Waals surface area contributed by atoms with Crippen LogP contribution >= 0.6 is 7.29 Å². The van der Waals surface area contributed by atoms with Gasteiger partial charge in [-0.1, -0.05) is 32.0 Å². The second-order valence-corrected chi connectivity index (χ2v) is 10.5. The van der Waals surface area contributed by atoms with Gasteiger partial charge in [0.2, 0.25) is 7.29 Å². The van der Waals surface area contributed by atoms with Crippen molar-refractivity contribution in [3.05, 3.63) is 41.3 Å². The predicted octanol–water partition coefficient (Wildman–Crippen LogP) is 4.13. The Hall–Kier alpha value is -1.58. The number of allylic oxidation sites excluding steroid dienone is 2. The van der Waals surface area contributed by atoms with Gasteiger partial charge in [0.1, 0.15) is 0 Å². The summed E-state index contributed by atoms with van der Waals surface area (Å²) < 4.78 is 21.2. The van der Waals surface area contributed by atoms with Crippen LogP contribution < -0.4 is 4.78 Å². The Balaban J connectivity index is 1.83. The number of nitrogens with zero attached hydrogens (tertiary/aromatic N) is 3.